The molecule has 53 heavy (non-hydrogen) atoms. The molecule has 3 heteroatoms. The Kier molecular flexibility index (Phi) is 6.44. The van der Waals surface area contributed by atoms with Gasteiger partial charge in [0.05, 0.1) is 22.1 Å². The highest BCUT2D eigenvalue weighted by molar-refractivity contribution is 7.21. The first-order chi connectivity index (χ1) is 26.1. The number of para-hydroxylation sites is 2. The summed E-state index contributed by atoms with van der Waals surface area (Å²) >= 11 is 0. The molecule has 0 aliphatic carbocycles. The van der Waals surface area contributed by atoms with Crippen LogP contribution in [0.2, 0.25) is 0 Å². The molecule has 10 aromatic rings. The third-order valence-electron chi connectivity index (χ3n) is 11.7. The zero-order valence-electron chi connectivity index (χ0n) is 29.7. The Morgan fingerprint density at radius 2 is 0.943 bits per heavy atom. The highest BCUT2D eigenvalue weighted by Gasteiger charge is 2.48. The summed E-state index contributed by atoms with van der Waals surface area (Å²) in [5.41, 5.74) is 12.6. The summed E-state index contributed by atoms with van der Waals surface area (Å²) in [4.78, 5) is 0. The molecule has 0 amide bonds. The third kappa shape index (κ3) is 4.20. The van der Waals surface area contributed by atoms with E-state index in [1.54, 1.807) is 0 Å². The summed E-state index contributed by atoms with van der Waals surface area (Å²) in [6.07, 6.45) is 0. The average Bonchev–Trinajstić information content (AvgIpc) is 3.71. The Hall–Kier alpha value is -6.42. The van der Waals surface area contributed by atoms with E-state index in [2.05, 4.69) is 205 Å². The van der Waals surface area contributed by atoms with E-state index in [-0.39, 0.29) is 0 Å². The van der Waals surface area contributed by atoms with Crippen molar-refractivity contribution in [3.63, 3.8) is 0 Å². The standard InChI is InChI=1S/C50H36N2Si/c1-33-21-27-45-41(29-33)42-30-34(2)22-28-46(42)51(45)37-31-43-40-17-9-10-18-44(40)52-47-19-11-12-20-48(47)53(49(32-37)50(43)52,38-15-7-4-8-16-38)39-25-23-36(24-26-39)35-13-5-3-6-14-35/h3-32H,1-2H3. The third-order valence-corrected chi connectivity index (χ3v) is 16.5. The van der Waals surface area contributed by atoms with Crippen molar-refractivity contribution in [1.29, 1.82) is 0 Å². The highest BCUT2D eigenvalue weighted by Crippen LogP contribution is 2.39. The lowest BCUT2D eigenvalue weighted by Crippen LogP contribution is -2.76. The van der Waals surface area contributed by atoms with E-state index in [4.69, 9.17) is 0 Å². The van der Waals surface area contributed by atoms with Crippen LogP contribution in [0, 0.1) is 13.8 Å². The minimum absolute atomic E-state index is 1.20. The lowest BCUT2D eigenvalue weighted by Gasteiger charge is -2.40. The second-order valence-corrected chi connectivity index (χ2v) is 18.4. The molecule has 0 radical (unpaired) electrons. The van der Waals surface area contributed by atoms with Gasteiger partial charge >= 0.3 is 0 Å². The average molecular weight is 693 g/mol. The maximum absolute atomic E-state index is 2.92. The van der Waals surface area contributed by atoms with E-state index in [1.165, 1.54) is 98.0 Å². The van der Waals surface area contributed by atoms with Gasteiger partial charge in [0.2, 0.25) is 0 Å². The van der Waals surface area contributed by atoms with Crippen LogP contribution >= 0.6 is 0 Å². The quantitative estimate of drug-likeness (QED) is 0.163. The van der Waals surface area contributed by atoms with E-state index >= 15 is 0 Å². The van der Waals surface area contributed by atoms with Crippen LogP contribution in [-0.4, -0.2) is 17.2 Å². The fourth-order valence-corrected chi connectivity index (χ4v) is 14.5. The number of benzene rings is 8. The van der Waals surface area contributed by atoms with Crippen LogP contribution in [-0.2, 0) is 0 Å². The summed E-state index contributed by atoms with van der Waals surface area (Å²) in [6, 6.07) is 68.8. The molecule has 0 fully saturated rings. The number of aromatic nitrogens is 2. The molecule has 3 heterocycles. The Labute approximate surface area is 309 Å². The summed E-state index contributed by atoms with van der Waals surface area (Å²) in [5, 5.41) is 10.8. The second kappa shape index (κ2) is 11.3. The zero-order chi connectivity index (χ0) is 35.3. The number of nitrogens with zero attached hydrogens (tertiary/aromatic N) is 2. The molecular weight excluding hydrogens is 657 g/mol. The topological polar surface area (TPSA) is 9.86 Å². The molecule has 0 bridgehead atoms. The van der Waals surface area contributed by atoms with E-state index in [9.17, 15) is 0 Å². The number of rotatable bonds is 4. The Morgan fingerprint density at radius 1 is 0.377 bits per heavy atom. The predicted molar refractivity (Wildman–Crippen MR) is 227 cm³/mol. The van der Waals surface area contributed by atoms with Gasteiger partial charge in [-0.1, -0.05) is 145 Å². The van der Waals surface area contributed by atoms with E-state index in [0.717, 1.165) is 0 Å². The molecule has 2 nitrogen and oxygen atoms in total. The van der Waals surface area contributed by atoms with Gasteiger partial charge in [-0.2, -0.15) is 0 Å². The van der Waals surface area contributed by atoms with Gasteiger partial charge in [0.25, 0.3) is 0 Å². The van der Waals surface area contributed by atoms with E-state index in [0.29, 0.717) is 0 Å². The first kappa shape index (κ1) is 30.2. The van der Waals surface area contributed by atoms with Crippen molar-refractivity contribution in [2.45, 2.75) is 13.8 Å². The largest absolute Gasteiger partial charge is 0.309 e. The summed E-state index contributed by atoms with van der Waals surface area (Å²) in [7, 11) is -2.92. The van der Waals surface area contributed by atoms with Crippen molar-refractivity contribution in [1.82, 2.24) is 9.13 Å². The number of hydrogen-bond donors (Lipinski definition) is 0. The Morgan fingerprint density at radius 3 is 1.66 bits per heavy atom. The maximum atomic E-state index is 2.57. The second-order valence-electron chi connectivity index (χ2n) is 14.7. The number of fused-ring (bicyclic) bond motifs is 8. The van der Waals surface area contributed by atoms with Crippen LogP contribution in [0.25, 0.3) is 66.1 Å². The van der Waals surface area contributed by atoms with Crippen LogP contribution in [0.3, 0.4) is 0 Å². The molecule has 1 unspecified atom stereocenters. The van der Waals surface area contributed by atoms with Crippen molar-refractivity contribution in [3.8, 4) is 22.5 Å². The molecule has 8 aromatic carbocycles. The monoisotopic (exact) mass is 692 g/mol. The highest BCUT2D eigenvalue weighted by atomic mass is 28.3. The molecule has 11 rings (SSSR count). The molecule has 0 spiro atoms. The Bertz CT molecular complexity index is 3000. The summed E-state index contributed by atoms with van der Waals surface area (Å²) < 4.78 is 5.08. The van der Waals surface area contributed by atoms with Crippen LogP contribution in [0.4, 0.5) is 0 Å². The molecule has 250 valence electrons. The van der Waals surface area contributed by atoms with Gasteiger partial charge in [0.1, 0.15) is 0 Å². The van der Waals surface area contributed by atoms with Gasteiger partial charge in [0.15, 0.2) is 8.07 Å². The molecule has 1 aliphatic heterocycles. The first-order valence-electron chi connectivity index (χ1n) is 18.5. The number of aryl methyl sites for hydroxylation is 2. The normalized spacial score (nSPS) is 15.1. The van der Waals surface area contributed by atoms with Crippen molar-refractivity contribution >= 4 is 72.4 Å². The predicted octanol–water partition coefficient (Wildman–Crippen LogP) is 9.86. The van der Waals surface area contributed by atoms with Gasteiger partial charge in [0, 0.05) is 32.9 Å². The molecule has 1 atom stereocenters. The van der Waals surface area contributed by atoms with Crippen molar-refractivity contribution in [2.75, 3.05) is 0 Å². The van der Waals surface area contributed by atoms with Gasteiger partial charge in [-0.05, 0) is 94.3 Å². The molecule has 0 N–H and O–H groups in total. The van der Waals surface area contributed by atoms with Crippen molar-refractivity contribution in [2.24, 2.45) is 0 Å². The molecule has 1 aliphatic rings. The fourth-order valence-electron chi connectivity index (χ4n) is 9.43. The minimum atomic E-state index is -2.92. The molecule has 0 saturated heterocycles. The molecular formula is C50H36N2Si. The van der Waals surface area contributed by atoms with Crippen LogP contribution in [0.5, 0.6) is 0 Å². The lowest BCUT2D eigenvalue weighted by atomic mass is 10.1. The zero-order valence-corrected chi connectivity index (χ0v) is 30.7. The van der Waals surface area contributed by atoms with Crippen molar-refractivity contribution in [3.05, 3.63) is 193 Å². The molecule has 2 aromatic heterocycles. The van der Waals surface area contributed by atoms with Crippen molar-refractivity contribution < 1.29 is 0 Å². The maximum Gasteiger partial charge on any atom is 0.184 e. The van der Waals surface area contributed by atoms with Gasteiger partial charge in [-0.25, -0.2) is 0 Å². The van der Waals surface area contributed by atoms with Gasteiger partial charge in [-0.3, -0.25) is 0 Å². The smallest absolute Gasteiger partial charge is 0.184 e. The Balaban J connectivity index is 1.33. The van der Waals surface area contributed by atoms with Crippen LogP contribution in [0.1, 0.15) is 11.1 Å². The van der Waals surface area contributed by atoms with Crippen LogP contribution in [0.15, 0.2) is 182 Å². The minimum Gasteiger partial charge on any atom is -0.309 e. The fraction of sp³-hybridized carbons (Fsp3) is 0.0400. The SMILES string of the molecule is Cc1ccc2c(c1)c1cc(C)ccc1n2-c1cc2c3c(c1)c1ccccc1n3-c1ccccc1[Si]2(c1ccccc1)c1ccc(-c2ccccc2)cc1. The first-order valence-corrected chi connectivity index (χ1v) is 20.5. The van der Waals surface area contributed by atoms with Gasteiger partial charge in [-0.15, -0.1) is 0 Å². The molecule has 0 saturated carbocycles. The van der Waals surface area contributed by atoms with Gasteiger partial charge < -0.3 is 9.13 Å². The summed E-state index contributed by atoms with van der Waals surface area (Å²) in [5.74, 6) is 0. The van der Waals surface area contributed by atoms with E-state index in [1.807, 2.05) is 0 Å². The number of hydrogen-bond acceptors (Lipinski definition) is 0. The summed E-state index contributed by atoms with van der Waals surface area (Å²) in [6.45, 7) is 4.40. The van der Waals surface area contributed by atoms with Crippen LogP contribution < -0.4 is 20.7 Å². The lowest BCUT2D eigenvalue weighted by molar-refractivity contribution is 1.17. The van der Waals surface area contributed by atoms with E-state index < -0.39 is 8.07 Å².